The first-order chi connectivity index (χ1) is 33.2. The van der Waals surface area contributed by atoms with Gasteiger partial charge in [0.25, 0.3) is 46.4 Å². The Kier molecular flexibility index (Phi) is 13.7. The molecule has 1 unspecified atom stereocenters. The smallest absolute Gasteiger partial charge is 0.355 e. The molecule has 27 nitrogen and oxygen atoms in total. The number of phenols is 2. The summed E-state index contributed by atoms with van der Waals surface area (Å²) in [5, 5.41) is 59.2. The topological polar surface area (TPSA) is 421 Å². The third-order valence-corrected chi connectivity index (χ3v) is 13.3. The summed E-state index contributed by atoms with van der Waals surface area (Å²) >= 11 is 0. The number of anilines is 1. The highest BCUT2D eigenvalue weighted by Gasteiger charge is 2.41. The zero-order valence-electron chi connectivity index (χ0n) is 35.8. The van der Waals surface area contributed by atoms with Crippen LogP contribution < -0.4 is 14.5 Å². The number of aliphatic carboxylic acids is 1. The van der Waals surface area contributed by atoms with Crippen LogP contribution in [0.4, 0.5) is 34.1 Å². The number of hydrogen-bond donors (Lipinski definition) is 7. The number of carbonyl (C=O) groups excluding carboxylic acids is 1. The summed E-state index contributed by atoms with van der Waals surface area (Å²) in [4.78, 5) is 22.1. The molecule has 370 valence electrons. The first kappa shape index (κ1) is 51.0. The normalized spacial score (nSPS) is 14.9. The van der Waals surface area contributed by atoms with Crippen molar-refractivity contribution in [1.82, 2.24) is 0 Å². The molecular weight excluding hydrogens is 1020 g/mol. The summed E-state index contributed by atoms with van der Waals surface area (Å²) in [7, 11) is -19.8. The molecule has 0 aliphatic carbocycles. The second-order valence-electron chi connectivity index (χ2n) is 14.4. The molecule has 0 radical (unpaired) electrons. The van der Waals surface area contributed by atoms with Crippen molar-refractivity contribution >= 4 is 114 Å². The van der Waals surface area contributed by atoms with Gasteiger partial charge in [-0.15, -0.1) is 20.5 Å². The van der Waals surface area contributed by atoms with Gasteiger partial charge in [-0.05, 0) is 86.0 Å². The largest absolute Gasteiger partial charge is 0.507 e. The van der Waals surface area contributed by atoms with Gasteiger partial charge in [-0.3, -0.25) is 23.0 Å². The van der Waals surface area contributed by atoms with Crippen LogP contribution >= 0.6 is 0 Å². The molecule has 1 aliphatic heterocycles. The number of rotatable bonds is 16. The number of carbonyl (C=O) groups is 2. The second kappa shape index (κ2) is 19.1. The number of aromatic hydroxyl groups is 2. The fourth-order valence-corrected chi connectivity index (χ4v) is 9.11. The van der Waals surface area contributed by atoms with Crippen LogP contribution in [-0.4, -0.2) is 104 Å². The number of carboxylic acid groups (broad SMARTS) is 1. The standard InChI is InChI=1S/C40H32N8O19S4/c1-3-66-30-18-28(31(67-4-2)17-27(30)43-42-26-11-12-32(70(60,61)62)25-15-23(69(57,58)59)16-29(49)34(25)26)44-45-35-33(71(63,64)65)14-19-13-20(5-10-24(19)38(35)50)41-46-36-37(40(52)53)47-48(39(36)51)21-6-8-22(9-7-21)68(54,55)56/h5-18,36,49-50H,3-4H2,1-2H3,(H,52,53)(H,54,55,56)(H,57,58,59)(H,60,61,62)(H,63,64,65)/b43-42+,45-44+,46-41+. The summed E-state index contributed by atoms with van der Waals surface area (Å²) in [5.41, 5.74) is -2.26. The molecule has 31 heteroatoms. The van der Waals surface area contributed by atoms with E-state index in [0.717, 1.165) is 48.5 Å². The van der Waals surface area contributed by atoms with Crippen LogP contribution in [0.25, 0.3) is 21.5 Å². The van der Waals surface area contributed by atoms with Gasteiger partial charge in [-0.2, -0.15) is 54.0 Å². The lowest BCUT2D eigenvalue weighted by Crippen LogP contribution is -2.33. The number of hydrogen-bond acceptors (Lipinski definition) is 21. The molecule has 7 rings (SSSR count). The maximum Gasteiger partial charge on any atom is 0.355 e. The van der Waals surface area contributed by atoms with E-state index >= 15 is 0 Å². The van der Waals surface area contributed by atoms with E-state index < -0.39 is 112 Å². The molecule has 71 heavy (non-hydrogen) atoms. The van der Waals surface area contributed by atoms with Gasteiger partial charge in [0.2, 0.25) is 6.04 Å². The average molecular weight is 1060 g/mol. The molecule has 0 bridgehead atoms. The molecule has 1 atom stereocenters. The first-order valence-corrected chi connectivity index (χ1v) is 25.4. The molecule has 0 saturated heterocycles. The molecule has 0 aromatic heterocycles. The van der Waals surface area contributed by atoms with Crippen LogP contribution in [-0.2, 0) is 50.1 Å². The van der Waals surface area contributed by atoms with Crippen molar-refractivity contribution in [2.24, 2.45) is 35.8 Å². The first-order valence-electron chi connectivity index (χ1n) is 19.6. The Morgan fingerprint density at radius 1 is 0.634 bits per heavy atom. The minimum atomic E-state index is -5.21. The van der Waals surface area contributed by atoms with E-state index in [1.807, 2.05) is 0 Å². The predicted octanol–water partition coefficient (Wildman–Crippen LogP) is 6.96. The molecule has 1 heterocycles. The van der Waals surface area contributed by atoms with E-state index in [1.165, 1.54) is 24.3 Å². The highest BCUT2D eigenvalue weighted by atomic mass is 32.2. The minimum Gasteiger partial charge on any atom is -0.507 e. The Balaban J connectivity index is 1.24. The Bertz CT molecular complexity index is 3830. The lowest BCUT2D eigenvalue weighted by Gasteiger charge is -2.13. The van der Waals surface area contributed by atoms with Crippen molar-refractivity contribution < 1.29 is 86.3 Å². The molecular formula is C40H32N8O19S4. The molecule has 0 saturated carbocycles. The number of hydrazone groups is 1. The van der Waals surface area contributed by atoms with Crippen LogP contribution in [0.3, 0.4) is 0 Å². The molecule has 6 aromatic carbocycles. The van der Waals surface area contributed by atoms with Crippen LogP contribution in [0.2, 0.25) is 0 Å². The fraction of sp³-hybridized carbons (Fsp3) is 0.125. The van der Waals surface area contributed by atoms with Crippen molar-refractivity contribution in [3.8, 4) is 23.0 Å². The lowest BCUT2D eigenvalue weighted by atomic mass is 10.1. The van der Waals surface area contributed by atoms with Crippen molar-refractivity contribution in [2.45, 2.75) is 39.5 Å². The van der Waals surface area contributed by atoms with Crippen molar-refractivity contribution in [1.29, 1.82) is 0 Å². The zero-order chi connectivity index (χ0) is 52.0. The van der Waals surface area contributed by atoms with Crippen molar-refractivity contribution in [3.63, 3.8) is 0 Å². The minimum absolute atomic E-state index is 0.00171. The number of benzene rings is 6. The average Bonchev–Trinajstić information content (AvgIpc) is 3.62. The number of azo groups is 3. The highest BCUT2D eigenvalue weighted by Crippen LogP contribution is 2.46. The molecule has 1 amide bonds. The summed E-state index contributed by atoms with van der Waals surface area (Å²) < 4.78 is 147. The van der Waals surface area contributed by atoms with Gasteiger partial charge in [-0.25, -0.2) is 4.79 Å². The number of nitrogens with zero attached hydrogens (tertiary/aromatic N) is 8. The highest BCUT2D eigenvalue weighted by molar-refractivity contribution is 7.86. The maximum atomic E-state index is 13.3. The summed E-state index contributed by atoms with van der Waals surface area (Å²) in [6, 6.07) is 12.4. The van der Waals surface area contributed by atoms with E-state index in [2.05, 4.69) is 35.8 Å². The Morgan fingerprint density at radius 3 is 1.76 bits per heavy atom. The number of ether oxygens (including phenoxy) is 2. The molecule has 1 aliphatic rings. The van der Waals surface area contributed by atoms with Crippen LogP contribution in [0, 0.1) is 0 Å². The van der Waals surface area contributed by atoms with E-state index in [0.29, 0.717) is 17.1 Å². The quantitative estimate of drug-likeness (QED) is 0.0380. The fourth-order valence-electron chi connectivity index (χ4n) is 6.77. The van der Waals surface area contributed by atoms with E-state index in [4.69, 9.17) is 9.47 Å². The maximum absolute atomic E-state index is 13.3. The van der Waals surface area contributed by atoms with Gasteiger partial charge in [-0.1, -0.05) is 0 Å². The Hall–Kier alpha value is -7.91. The summed E-state index contributed by atoms with van der Waals surface area (Å²) in [6.45, 7) is 3.16. The van der Waals surface area contributed by atoms with Gasteiger partial charge in [0.1, 0.15) is 44.1 Å². The van der Waals surface area contributed by atoms with Gasteiger partial charge in [0.15, 0.2) is 11.5 Å². The summed E-state index contributed by atoms with van der Waals surface area (Å²) in [6.07, 6.45) is 0. The molecule has 0 fully saturated rings. The number of fused-ring (bicyclic) bond motifs is 2. The van der Waals surface area contributed by atoms with Gasteiger partial charge in [0, 0.05) is 29.0 Å². The van der Waals surface area contributed by atoms with E-state index in [1.54, 1.807) is 13.8 Å². The van der Waals surface area contributed by atoms with Gasteiger partial charge in [0.05, 0.1) is 45.5 Å². The third kappa shape index (κ3) is 10.7. The monoisotopic (exact) mass is 1060 g/mol. The molecule has 0 spiro atoms. The van der Waals surface area contributed by atoms with Crippen LogP contribution in [0.1, 0.15) is 13.8 Å². The Labute approximate surface area is 399 Å². The zero-order valence-corrected chi connectivity index (χ0v) is 39.1. The SMILES string of the molecule is CCOc1cc(/N=N/c2ccc(S(=O)(=O)O)c3cc(S(=O)(=O)O)cc(O)c23)c(OCC)cc1/N=N/c1c(S(=O)(=O)O)cc2cc(/N=N/C3C(=O)N(c4ccc(S(=O)(=O)O)cc4)N=C3C(=O)O)ccc2c1O. The number of amides is 1. The lowest BCUT2D eigenvalue weighted by molar-refractivity contribution is -0.130. The van der Waals surface area contributed by atoms with Gasteiger partial charge < -0.3 is 24.8 Å². The Morgan fingerprint density at radius 2 is 1.21 bits per heavy atom. The van der Waals surface area contributed by atoms with Crippen molar-refractivity contribution in [3.05, 3.63) is 84.9 Å². The van der Waals surface area contributed by atoms with Gasteiger partial charge >= 0.3 is 5.97 Å². The third-order valence-electron chi connectivity index (χ3n) is 9.85. The molecule has 6 aromatic rings. The predicted molar refractivity (Wildman–Crippen MR) is 245 cm³/mol. The van der Waals surface area contributed by atoms with E-state index in [-0.39, 0.29) is 63.9 Å². The number of carboxylic acids is 1. The molecule has 7 N–H and O–H groups in total. The van der Waals surface area contributed by atoms with E-state index in [9.17, 15) is 76.8 Å². The number of phenolic OH excluding ortho intramolecular Hbond substituents is 2. The van der Waals surface area contributed by atoms with Crippen LogP contribution in [0.5, 0.6) is 23.0 Å². The van der Waals surface area contributed by atoms with Crippen molar-refractivity contribution in [2.75, 3.05) is 18.2 Å². The summed E-state index contributed by atoms with van der Waals surface area (Å²) in [5.74, 6) is -4.54. The van der Waals surface area contributed by atoms with Crippen LogP contribution in [0.15, 0.2) is 140 Å². The second-order valence-corrected chi connectivity index (χ2v) is 20.1.